The van der Waals surface area contributed by atoms with Crippen LogP contribution in [0, 0.1) is 6.92 Å². The summed E-state index contributed by atoms with van der Waals surface area (Å²) >= 11 is 0. The zero-order chi connectivity index (χ0) is 15.4. The Morgan fingerprint density at radius 2 is 1.71 bits per heavy atom. The lowest BCUT2D eigenvalue weighted by Crippen LogP contribution is -2.30. The molecule has 1 heterocycles. The number of furan rings is 1. The predicted molar refractivity (Wildman–Crippen MR) is 80.4 cm³/mol. The van der Waals surface area contributed by atoms with Crippen molar-refractivity contribution >= 4 is 17.5 Å². The lowest BCUT2D eigenvalue weighted by molar-refractivity contribution is 0.0942. The summed E-state index contributed by atoms with van der Waals surface area (Å²) in [5.41, 5.74) is 1.94. The van der Waals surface area contributed by atoms with Crippen molar-refractivity contribution in [2.75, 3.05) is 5.32 Å². The maximum atomic E-state index is 12.0. The van der Waals surface area contributed by atoms with Crippen molar-refractivity contribution < 1.29 is 14.0 Å². The molecule has 0 aliphatic heterocycles. The van der Waals surface area contributed by atoms with Crippen LogP contribution in [0.25, 0.3) is 0 Å². The molecule has 2 amide bonds. The molecule has 0 unspecified atom stereocenters. The summed E-state index contributed by atoms with van der Waals surface area (Å²) in [6.07, 6.45) is 1.48. The van der Waals surface area contributed by atoms with Gasteiger partial charge in [0.2, 0.25) is 0 Å². The van der Waals surface area contributed by atoms with Crippen LogP contribution in [-0.4, -0.2) is 17.9 Å². The van der Waals surface area contributed by atoms with E-state index in [1.807, 2.05) is 13.8 Å². The first kappa shape index (κ1) is 14.8. The standard InChI is InChI=1S/C16H18N2O3/c1-10(2)17-15(19)12-4-6-13(7-5-12)18-16(20)14-11(3)8-9-21-14/h4-10H,1-3H3,(H,17,19)(H,18,20). The summed E-state index contributed by atoms with van der Waals surface area (Å²) in [5, 5.41) is 5.54. The molecule has 0 spiro atoms. The van der Waals surface area contributed by atoms with Gasteiger partial charge in [0.05, 0.1) is 6.26 Å². The third kappa shape index (κ3) is 3.72. The average Bonchev–Trinajstić information content (AvgIpc) is 2.85. The van der Waals surface area contributed by atoms with Crippen molar-refractivity contribution in [2.45, 2.75) is 26.8 Å². The molecular weight excluding hydrogens is 268 g/mol. The van der Waals surface area contributed by atoms with E-state index in [0.29, 0.717) is 11.3 Å². The molecule has 2 rings (SSSR count). The first-order valence-electron chi connectivity index (χ1n) is 6.73. The maximum Gasteiger partial charge on any atom is 0.291 e. The summed E-state index contributed by atoms with van der Waals surface area (Å²) in [6, 6.07) is 8.52. The monoisotopic (exact) mass is 286 g/mol. The molecule has 21 heavy (non-hydrogen) atoms. The zero-order valence-corrected chi connectivity index (χ0v) is 12.3. The van der Waals surface area contributed by atoms with Gasteiger partial charge in [-0.2, -0.15) is 0 Å². The maximum absolute atomic E-state index is 12.0. The van der Waals surface area contributed by atoms with E-state index in [9.17, 15) is 9.59 Å². The predicted octanol–water partition coefficient (Wildman–Crippen LogP) is 2.98. The molecule has 0 aliphatic rings. The minimum Gasteiger partial charge on any atom is -0.459 e. The molecule has 0 saturated carbocycles. The quantitative estimate of drug-likeness (QED) is 0.907. The van der Waals surface area contributed by atoms with Crippen molar-refractivity contribution in [3.63, 3.8) is 0 Å². The van der Waals surface area contributed by atoms with E-state index in [0.717, 1.165) is 5.56 Å². The fourth-order valence-electron chi connectivity index (χ4n) is 1.84. The molecule has 0 saturated heterocycles. The Bertz CT molecular complexity index is 642. The van der Waals surface area contributed by atoms with E-state index in [2.05, 4.69) is 10.6 Å². The first-order valence-corrected chi connectivity index (χ1v) is 6.73. The second-order valence-corrected chi connectivity index (χ2v) is 5.09. The van der Waals surface area contributed by atoms with Crippen molar-refractivity contribution in [1.82, 2.24) is 5.32 Å². The van der Waals surface area contributed by atoms with Crippen molar-refractivity contribution in [2.24, 2.45) is 0 Å². The Balaban J connectivity index is 2.04. The number of carbonyl (C=O) groups excluding carboxylic acids is 2. The number of hydrogen-bond acceptors (Lipinski definition) is 3. The first-order chi connectivity index (χ1) is 9.97. The highest BCUT2D eigenvalue weighted by molar-refractivity contribution is 6.03. The topological polar surface area (TPSA) is 71.3 Å². The van der Waals surface area contributed by atoms with Crippen molar-refractivity contribution in [3.05, 3.63) is 53.5 Å². The molecule has 5 nitrogen and oxygen atoms in total. The molecular formula is C16H18N2O3. The summed E-state index contributed by atoms with van der Waals surface area (Å²) in [5.74, 6) is -0.154. The van der Waals surface area contributed by atoms with E-state index in [1.54, 1.807) is 37.3 Å². The van der Waals surface area contributed by atoms with Gasteiger partial charge in [0, 0.05) is 22.9 Å². The van der Waals surface area contributed by atoms with Crippen LogP contribution in [0.15, 0.2) is 41.0 Å². The highest BCUT2D eigenvalue weighted by atomic mass is 16.3. The molecule has 2 aromatic rings. The number of amides is 2. The molecule has 5 heteroatoms. The molecule has 0 radical (unpaired) electrons. The van der Waals surface area contributed by atoms with E-state index in [1.165, 1.54) is 6.26 Å². The van der Waals surface area contributed by atoms with E-state index >= 15 is 0 Å². The van der Waals surface area contributed by atoms with Crippen LogP contribution in [0.4, 0.5) is 5.69 Å². The van der Waals surface area contributed by atoms with Gasteiger partial charge in [-0.05, 0) is 51.1 Å². The number of anilines is 1. The molecule has 1 aromatic carbocycles. The molecule has 2 N–H and O–H groups in total. The van der Waals surface area contributed by atoms with Crippen molar-refractivity contribution in [1.29, 1.82) is 0 Å². The van der Waals surface area contributed by atoms with Gasteiger partial charge in [0.1, 0.15) is 0 Å². The SMILES string of the molecule is Cc1ccoc1C(=O)Nc1ccc(C(=O)NC(C)C)cc1. The normalized spacial score (nSPS) is 10.5. The smallest absolute Gasteiger partial charge is 0.291 e. The molecule has 0 atom stereocenters. The number of carbonyl (C=O) groups is 2. The lowest BCUT2D eigenvalue weighted by Gasteiger charge is -2.09. The Labute approximate surface area is 123 Å². The van der Waals surface area contributed by atoms with Gasteiger partial charge in [-0.3, -0.25) is 9.59 Å². The summed E-state index contributed by atoms with van der Waals surface area (Å²) < 4.78 is 5.13. The van der Waals surface area contributed by atoms with Gasteiger partial charge < -0.3 is 15.1 Å². The van der Waals surface area contributed by atoms with Gasteiger partial charge in [0.25, 0.3) is 11.8 Å². The van der Waals surface area contributed by atoms with E-state index < -0.39 is 0 Å². The number of nitrogens with one attached hydrogen (secondary N) is 2. The fraction of sp³-hybridized carbons (Fsp3) is 0.250. The number of aryl methyl sites for hydroxylation is 1. The zero-order valence-electron chi connectivity index (χ0n) is 12.3. The summed E-state index contributed by atoms with van der Waals surface area (Å²) in [6.45, 7) is 5.61. The van der Waals surface area contributed by atoms with Crippen LogP contribution >= 0.6 is 0 Å². The number of benzene rings is 1. The Morgan fingerprint density at radius 1 is 1.05 bits per heavy atom. The third-order valence-electron chi connectivity index (χ3n) is 2.89. The van der Waals surface area contributed by atoms with Gasteiger partial charge in [-0.25, -0.2) is 0 Å². The molecule has 1 aromatic heterocycles. The van der Waals surface area contributed by atoms with Crippen LogP contribution < -0.4 is 10.6 Å². The minimum absolute atomic E-state index is 0.0822. The van der Waals surface area contributed by atoms with Crippen LogP contribution in [-0.2, 0) is 0 Å². The van der Waals surface area contributed by atoms with E-state index in [4.69, 9.17) is 4.42 Å². The summed E-state index contributed by atoms with van der Waals surface area (Å²) in [7, 11) is 0. The third-order valence-corrected chi connectivity index (χ3v) is 2.89. The Kier molecular flexibility index (Phi) is 4.42. The summed E-state index contributed by atoms with van der Waals surface area (Å²) in [4.78, 5) is 23.8. The van der Waals surface area contributed by atoms with Crippen LogP contribution in [0.2, 0.25) is 0 Å². The van der Waals surface area contributed by atoms with Crippen LogP contribution in [0.1, 0.15) is 40.3 Å². The van der Waals surface area contributed by atoms with E-state index in [-0.39, 0.29) is 23.6 Å². The minimum atomic E-state index is -0.308. The second kappa shape index (κ2) is 6.26. The Hall–Kier alpha value is -2.56. The van der Waals surface area contributed by atoms with Crippen LogP contribution in [0.3, 0.4) is 0 Å². The van der Waals surface area contributed by atoms with Gasteiger partial charge in [0.15, 0.2) is 5.76 Å². The average molecular weight is 286 g/mol. The van der Waals surface area contributed by atoms with Gasteiger partial charge >= 0.3 is 0 Å². The number of hydrogen-bond donors (Lipinski definition) is 2. The largest absolute Gasteiger partial charge is 0.459 e. The van der Waals surface area contributed by atoms with Crippen LogP contribution in [0.5, 0.6) is 0 Å². The van der Waals surface area contributed by atoms with Gasteiger partial charge in [-0.15, -0.1) is 0 Å². The fourth-order valence-corrected chi connectivity index (χ4v) is 1.84. The Morgan fingerprint density at radius 3 is 2.24 bits per heavy atom. The molecule has 110 valence electrons. The second-order valence-electron chi connectivity index (χ2n) is 5.09. The highest BCUT2D eigenvalue weighted by Crippen LogP contribution is 2.14. The molecule has 0 bridgehead atoms. The highest BCUT2D eigenvalue weighted by Gasteiger charge is 2.13. The lowest BCUT2D eigenvalue weighted by atomic mass is 10.2. The molecule has 0 fully saturated rings. The van der Waals surface area contributed by atoms with Gasteiger partial charge in [-0.1, -0.05) is 0 Å². The molecule has 0 aliphatic carbocycles. The number of rotatable bonds is 4. The van der Waals surface area contributed by atoms with Crippen molar-refractivity contribution in [3.8, 4) is 0 Å².